The fourth-order valence-corrected chi connectivity index (χ4v) is 3.67. The van der Waals surface area contributed by atoms with Crippen LogP contribution in [-0.4, -0.2) is 35.9 Å². The Kier molecular flexibility index (Phi) is 6.09. The zero-order valence-corrected chi connectivity index (χ0v) is 17.0. The van der Waals surface area contributed by atoms with E-state index in [0.717, 1.165) is 11.3 Å². The Morgan fingerprint density at radius 2 is 2.00 bits per heavy atom. The van der Waals surface area contributed by atoms with Crippen molar-refractivity contribution < 1.29 is 19.4 Å². The van der Waals surface area contributed by atoms with Crippen molar-refractivity contribution in [1.29, 1.82) is 5.26 Å². The number of rotatable bonds is 6. The molecular weight excluding hydrogens is 368 g/mol. The summed E-state index contributed by atoms with van der Waals surface area (Å²) in [5.41, 5.74) is 1.24. The molecule has 1 heterocycles. The number of fused-ring (bicyclic) bond motifs is 1. The molecule has 0 aromatic heterocycles. The summed E-state index contributed by atoms with van der Waals surface area (Å²) in [5.74, 6) is 0.335. The highest BCUT2D eigenvalue weighted by atomic mass is 16.5. The number of aliphatic hydroxyl groups excluding tert-OH is 1. The molecule has 2 aromatic carbocycles. The highest BCUT2D eigenvalue weighted by Crippen LogP contribution is 2.44. The van der Waals surface area contributed by atoms with Gasteiger partial charge in [-0.25, -0.2) is 0 Å². The van der Waals surface area contributed by atoms with Crippen LogP contribution in [0.1, 0.15) is 44.4 Å². The number of para-hydroxylation sites is 1. The predicted molar refractivity (Wildman–Crippen MR) is 110 cm³/mol. The fourth-order valence-electron chi connectivity index (χ4n) is 3.67. The van der Waals surface area contributed by atoms with E-state index in [1.54, 1.807) is 25.1 Å². The number of nitrogens with zero attached hydrogens (tertiary/aromatic N) is 2. The highest BCUT2D eigenvalue weighted by molar-refractivity contribution is 5.70. The van der Waals surface area contributed by atoms with Gasteiger partial charge >= 0.3 is 5.97 Å². The summed E-state index contributed by atoms with van der Waals surface area (Å²) >= 11 is 0. The van der Waals surface area contributed by atoms with Crippen molar-refractivity contribution in [3.63, 3.8) is 0 Å². The molecule has 0 saturated carbocycles. The van der Waals surface area contributed by atoms with Crippen LogP contribution in [0.5, 0.6) is 5.75 Å². The number of benzene rings is 2. The Morgan fingerprint density at radius 3 is 2.66 bits per heavy atom. The highest BCUT2D eigenvalue weighted by Gasteiger charge is 2.45. The molecule has 3 rings (SSSR count). The first kappa shape index (κ1) is 20.7. The molecule has 0 radical (unpaired) electrons. The maximum absolute atomic E-state index is 12.0. The van der Waals surface area contributed by atoms with Crippen LogP contribution in [0, 0.1) is 11.3 Å². The van der Waals surface area contributed by atoms with Gasteiger partial charge in [0.15, 0.2) is 0 Å². The summed E-state index contributed by atoms with van der Waals surface area (Å²) in [4.78, 5) is 14.0. The molecule has 0 aliphatic carbocycles. The van der Waals surface area contributed by atoms with Crippen molar-refractivity contribution in [1.82, 2.24) is 0 Å². The summed E-state index contributed by atoms with van der Waals surface area (Å²) in [6.45, 7) is 6.13. The average Bonchev–Trinajstić information content (AvgIpc) is 2.71. The molecular formula is C23H26N2O4. The van der Waals surface area contributed by atoms with Crippen LogP contribution in [0.25, 0.3) is 0 Å². The number of anilines is 1. The number of esters is 1. The van der Waals surface area contributed by atoms with E-state index in [9.17, 15) is 15.2 Å². The van der Waals surface area contributed by atoms with Crippen molar-refractivity contribution in [3.05, 3.63) is 59.7 Å². The molecule has 0 saturated heterocycles. The van der Waals surface area contributed by atoms with Gasteiger partial charge < -0.3 is 19.5 Å². The van der Waals surface area contributed by atoms with Crippen molar-refractivity contribution in [2.75, 3.05) is 18.1 Å². The van der Waals surface area contributed by atoms with E-state index in [4.69, 9.17) is 9.47 Å². The average molecular weight is 394 g/mol. The fraction of sp³-hybridized carbons (Fsp3) is 0.391. The van der Waals surface area contributed by atoms with E-state index in [-0.39, 0.29) is 12.4 Å². The van der Waals surface area contributed by atoms with Gasteiger partial charge in [0.25, 0.3) is 0 Å². The Morgan fingerprint density at radius 1 is 1.28 bits per heavy atom. The first-order valence-electron chi connectivity index (χ1n) is 9.76. The molecule has 152 valence electrons. The van der Waals surface area contributed by atoms with Crippen LogP contribution in [-0.2, 0) is 9.53 Å². The minimum atomic E-state index is -0.883. The van der Waals surface area contributed by atoms with Crippen molar-refractivity contribution in [2.45, 2.75) is 44.9 Å². The first-order chi connectivity index (χ1) is 13.9. The molecule has 0 spiro atoms. The lowest BCUT2D eigenvalue weighted by Crippen LogP contribution is -2.54. The van der Waals surface area contributed by atoms with Gasteiger partial charge in [-0.05, 0) is 51.1 Å². The maximum atomic E-state index is 12.0. The third kappa shape index (κ3) is 4.36. The van der Waals surface area contributed by atoms with E-state index in [1.807, 2.05) is 49.1 Å². The van der Waals surface area contributed by atoms with E-state index < -0.39 is 17.7 Å². The number of carbonyl (C=O) groups is 1. The van der Waals surface area contributed by atoms with Gasteiger partial charge in [0, 0.05) is 17.8 Å². The van der Waals surface area contributed by atoms with Crippen LogP contribution >= 0.6 is 0 Å². The van der Waals surface area contributed by atoms with Crippen LogP contribution in [0.4, 0.5) is 5.69 Å². The molecule has 6 nitrogen and oxygen atoms in total. The van der Waals surface area contributed by atoms with Crippen LogP contribution < -0.4 is 9.64 Å². The van der Waals surface area contributed by atoms with Gasteiger partial charge in [-0.2, -0.15) is 5.26 Å². The number of aliphatic hydroxyl groups is 1. The predicted octanol–water partition coefficient (Wildman–Crippen LogP) is 3.59. The smallest absolute Gasteiger partial charge is 0.307 e. The second kappa shape index (κ2) is 8.54. The maximum Gasteiger partial charge on any atom is 0.307 e. The molecule has 1 aliphatic rings. The van der Waals surface area contributed by atoms with Crippen LogP contribution in [0.15, 0.2) is 48.5 Å². The Hall–Kier alpha value is -3.04. The zero-order valence-electron chi connectivity index (χ0n) is 17.0. The Bertz CT molecular complexity index is 905. The Labute approximate surface area is 171 Å². The second-order valence-corrected chi connectivity index (χ2v) is 7.54. The molecule has 6 heteroatoms. The van der Waals surface area contributed by atoms with Gasteiger partial charge in [0.05, 0.1) is 30.7 Å². The van der Waals surface area contributed by atoms with Gasteiger partial charge in [-0.1, -0.05) is 18.2 Å². The first-order valence-corrected chi connectivity index (χ1v) is 9.76. The van der Waals surface area contributed by atoms with Crippen molar-refractivity contribution >= 4 is 11.7 Å². The van der Waals surface area contributed by atoms with E-state index in [1.165, 1.54) is 0 Å². The molecule has 0 bridgehead atoms. The standard InChI is InChI=1S/C23H26N2O4/c1-4-28-20(26)12-13-25(17-8-6-5-7-9-17)21-18-14-16(15-24)10-11-19(18)29-23(2,3)22(21)27/h5-11,14,21-22,27H,4,12-13H2,1-3H3/t21-,22+/m0/s1. The third-order valence-electron chi connectivity index (χ3n) is 5.13. The minimum Gasteiger partial charge on any atom is -0.485 e. The quantitative estimate of drug-likeness (QED) is 0.754. The molecule has 0 fully saturated rings. The molecule has 2 aromatic rings. The molecule has 1 aliphatic heterocycles. The van der Waals surface area contributed by atoms with Gasteiger partial charge in [-0.3, -0.25) is 4.79 Å². The van der Waals surface area contributed by atoms with E-state index in [0.29, 0.717) is 24.5 Å². The van der Waals surface area contributed by atoms with Crippen LogP contribution in [0.3, 0.4) is 0 Å². The van der Waals surface area contributed by atoms with Crippen LogP contribution in [0.2, 0.25) is 0 Å². The zero-order chi connectivity index (χ0) is 21.0. The number of nitriles is 1. The summed E-state index contributed by atoms with van der Waals surface area (Å²) in [6, 6.07) is 16.5. The van der Waals surface area contributed by atoms with Gasteiger partial charge in [-0.15, -0.1) is 0 Å². The number of hydrogen-bond acceptors (Lipinski definition) is 6. The largest absolute Gasteiger partial charge is 0.485 e. The van der Waals surface area contributed by atoms with Crippen molar-refractivity contribution in [2.24, 2.45) is 0 Å². The lowest BCUT2D eigenvalue weighted by molar-refractivity contribution is -0.142. The van der Waals surface area contributed by atoms with E-state index in [2.05, 4.69) is 6.07 Å². The number of ether oxygens (including phenoxy) is 2. The normalized spacial score (nSPS) is 19.4. The second-order valence-electron chi connectivity index (χ2n) is 7.54. The van der Waals surface area contributed by atoms with Gasteiger partial charge in [0.2, 0.25) is 0 Å². The molecule has 0 amide bonds. The van der Waals surface area contributed by atoms with E-state index >= 15 is 0 Å². The molecule has 29 heavy (non-hydrogen) atoms. The Balaban J connectivity index is 2.07. The summed E-state index contributed by atoms with van der Waals surface area (Å²) in [6.07, 6.45) is -0.702. The lowest BCUT2D eigenvalue weighted by Gasteiger charge is -2.47. The molecule has 0 unspecified atom stereocenters. The number of carbonyl (C=O) groups excluding carboxylic acids is 1. The summed E-state index contributed by atoms with van der Waals surface area (Å²) < 4.78 is 11.1. The molecule has 2 atom stereocenters. The monoisotopic (exact) mass is 394 g/mol. The van der Waals surface area contributed by atoms with Crippen molar-refractivity contribution in [3.8, 4) is 11.8 Å². The summed E-state index contributed by atoms with van der Waals surface area (Å²) in [5, 5.41) is 20.6. The minimum absolute atomic E-state index is 0.181. The topological polar surface area (TPSA) is 82.8 Å². The summed E-state index contributed by atoms with van der Waals surface area (Å²) in [7, 11) is 0. The molecule has 1 N–H and O–H groups in total. The SMILES string of the molecule is CCOC(=O)CCN(c1ccccc1)[C@H]1c2cc(C#N)ccc2OC(C)(C)[C@@H]1O. The number of hydrogen-bond donors (Lipinski definition) is 1. The van der Waals surface area contributed by atoms with Gasteiger partial charge in [0.1, 0.15) is 17.5 Å². The lowest BCUT2D eigenvalue weighted by atomic mass is 9.84. The third-order valence-corrected chi connectivity index (χ3v) is 5.13.